The Bertz CT molecular complexity index is 592. The molecule has 1 aromatic heterocycles. The first-order valence-corrected chi connectivity index (χ1v) is 6.46. The normalized spacial score (nSPS) is 12.7. The lowest BCUT2D eigenvalue weighted by Crippen LogP contribution is -2.30. The van der Waals surface area contributed by atoms with Gasteiger partial charge < -0.3 is 10.4 Å². The van der Waals surface area contributed by atoms with Gasteiger partial charge in [-0.25, -0.2) is 4.39 Å². The molecule has 0 aliphatic rings. The SMILES string of the molecule is Cc1c(C(=O)NC[C@H](C)O)sc2cccc(F)c12. The maximum absolute atomic E-state index is 13.7. The molecular formula is C13H14FNO2S. The topological polar surface area (TPSA) is 49.3 Å². The van der Waals surface area contributed by atoms with Crippen LogP contribution in [-0.2, 0) is 0 Å². The van der Waals surface area contributed by atoms with Gasteiger partial charge in [0.2, 0.25) is 0 Å². The largest absolute Gasteiger partial charge is 0.392 e. The van der Waals surface area contributed by atoms with Crippen LogP contribution in [-0.4, -0.2) is 23.7 Å². The van der Waals surface area contributed by atoms with Crippen molar-refractivity contribution < 1.29 is 14.3 Å². The summed E-state index contributed by atoms with van der Waals surface area (Å²) in [5.74, 6) is -0.579. The summed E-state index contributed by atoms with van der Waals surface area (Å²) in [6, 6.07) is 4.81. The average Bonchev–Trinajstić information content (AvgIpc) is 2.65. The fourth-order valence-corrected chi connectivity index (χ4v) is 2.93. The van der Waals surface area contributed by atoms with Gasteiger partial charge in [-0.1, -0.05) is 6.07 Å². The monoisotopic (exact) mass is 267 g/mol. The van der Waals surface area contributed by atoms with E-state index >= 15 is 0 Å². The van der Waals surface area contributed by atoms with E-state index in [-0.39, 0.29) is 18.3 Å². The highest BCUT2D eigenvalue weighted by Gasteiger charge is 2.17. The van der Waals surface area contributed by atoms with Gasteiger partial charge in [-0.3, -0.25) is 4.79 Å². The molecule has 2 N–H and O–H groups in total. The molecule has 2 aromatic rings. The molecule has 0 radical (unpaired) electrons. The Kier molecular flexibility index (Phi) is 3.63. The number of carbonyl (C=O) groups excluding carboxylic acids is 1. The minimum Gasteiger partial charge on any atom is -0.392 e. The second kappa shape index (κ2) is 5.04. The number of benzene rings is 1. The molecule has 0 fully saturated rings. The lowest BCUT2D eigenvalue weighted by atomic mass is 10.1. The number of aryl methyl sites for hydroxylation is 1. The number of nitrogens with one attached hydrogen (secondary N) is 1. The summed E-state index contributed by atoms with van der Waals surface area (Å²) >= 11 is 1.26. The van der Waals surface area contributed by atoms with Crippen LogP contribution >= 0.6 is 11.3 Å². The highest BCUT2D eigenvalue weighted by molar-refractivity contribution is 7.21. The summed E-state index contributed by atoms with van der Waals surface area (Å²) in [5, 5.41) is 12.3. The van der Waals surface area contributed by atoms with Crippen molar-refractivity contribution in [2.24, 2.45) is 0 Å². The Morgan fingerprint density at radius 2 is 2.28 bits per heavy atom. The van der Waals surface area contributed by atoms with Gasteiger partial charge in [0.05, 0.1) is 11.0 Å². The lowest BCUT2D eigenvalue weighted by Gasteiger charge is -2.06. The zero-order valence-electron chi connectivity index (χ0n) is 10.2. The summed E-state index contributed by atoms with van der Waals surface area (Å²) in [6.45, 7) is 3.52. The minimum atomic E-state index is -0.597. The Balaban J connectivity index is 2.37. The van der Waals surface area contributed by atoms with Gasteiger partial charge >= 0.3 is 0 Å². The molecule has 0 aliphatic heterocycles. The Labute approximate surface area is 108 Å². The van der Waals surface area contributed by atoms with Crippen LogP contribution < -0.4 is 5.32 Å². The van der Waals surface area contributed by atoms with Gasteiger partial charge in [0.1, 0.15) is 5.82 Å². The van der Waals surface area contributed by atoms with Gasteiger partial charge in [-0.05, 0) is 31.5 Å². The summed E-state index contributed by atoms with van der Waals surface area (Å²) in [7, 11) is 0. The summed E-state index contributed by atoms with van der Waals surface area (Å²) in [4.78, 5) is 12.4. The van der Waals surface area contributed by atoms with Crippen molar-refractivity contribution in [2.45, 2.75) is 20.0 Å². The van der Waals surface area contributed by atoms with Crippen molar-refractivity contribution >= 4 is 27.3 Å². The number of amides is 1. The molecule has 96 valence electrons. The van der Waals surface area contributed by atoms with Crippen molar-refractivity contribution in [3.8, 4) is 0 Å². The van der Waals surface area contributed by atoms with Gasteiger partial charge in [-0.15, -0.1) is 11.3 Å². The van der Waals surface area contributed by atoms with Crippen LogP contribution in [0.2, 0.25) is 0 Å². The predicted octanol–water partition coefficient (Wildman–Crippen LogP) is 2.46. The molecule has 1 amide bonds. The number of aliphatic hydroxyl groups is 1. The first-order valence-electron chi connectivity index (χ1n) is 5.64. The first kappa shape index (κ1) is 13.0. The van der Waals surface area contributed by atoms with E-state index in [0.717, 1.165) is 4.70 Å². The van der Waals surface area contributed by atoms with E-state index in [1.165, 1.54) is 17.4 Å². The van der Waals surface area contributed by atoms with E-state index in [9.17, 15) is 9.18 Å². The molecule has 18 heavy (non-hydrogen) atoms. The van der Waals surface area contributed by atoms with E-state index in [2.05, 4.69) is 5.32 Å². The van der Waals surface area contributed by atoms with Crippen LogP contribution in [0, 0.1) is 12.7 Å². The number of carbonyl (C=O) groups is 1. The second-order valence-corrected chi connectivity index (χ2v) is 5.28. The number of rotatable bonds is 3. The third-order valence-electron chi connectivity index (χ3n) is 2.67. The van der Waals surface area contributed by atoms with Crippen LogP contribution in [0.3, 0.4) is 0 Å². The van der Waals surface area contributed by atoms with Crippen LogP contribution in [0.4, 0.5) is 4.39 Å². The number of aliphatic hydroxyl groups excluding tert-OH is 1. The molecule has 5 heteroatoms. The van der Waals surface area contributed by atoms with Crippen LogP contribution in [0.5, 0.6) is 0 Å². The molecule has 0 aliphatic carbocycles. The van der Waals surface area contributed by atoms with Crippen LogP contribution in [0.15, 0.2) is 18.2 Å². The predicted molar refractivity (Wildman–Crippen MR) is 70.5 cm³/mol. The molecule has 1 heterocycles. The van der Waals surface area contributed by atoms with E-state index in [0.29, 0.717) is 15.8 Å². The Hall–Kier alpha value is -1.46. The molecular weight excluding hydrogens is 253 g/mol. The van der Waals surface area contributed by atoms with E-state index in [1.807, 2.05) is 0 Å². The number of hydrogen-bond donors (Lipinski definition) is 2. The molecule has 0 saturated carbocycles. The number of thiophene rings is 1. The molecule has 3 nitrogen and oxygen atoms in total. The minimum absolute atomic E-state index is 0.189. The highest BCUT2D eigenvalue weighted by atomic mass is 32.1. The quantitative estimate of drug-likeness (QED) is 0.897. The van der Waals surface area contributed by atoms with Crippen molar-refractivity contribution in [3.05, 3.63) is 34.5 Å². The first-order chi connectivity index (χ1) is 8.50. The molecule has 0 bridgehead atoms. The lowest BCUT2D eigenvalue weighted by molar-refractivity contribution is 0.0927. The molecule has 1 atom stereocenters. The van der Waals surface area contributed by atoms with Crippen LogP contribution in [0.25, 0.3) is 10.1 Å². The van der Waals surface area contributed by atoms with E-state index < -0.39 is 6.10 Å². The van der Waals surface area contributed by atoms with Crippen molar-refractivity contribution in [1.82, 2.24) is 5.32 Å². The van der Waals surface area contributed by atoms with E-state index in [4.69, 9.17) is 5.11 Å². The molecule has 0 spiro atoms. The number of hydrogen-bond acceptors (Lipinski definition) is 3. The maximum Gasteiger partial charge on any atom is 0.261 e. The second-order valence-electron chi connectivity index (χ2n) is 4.23. The van der Waals surface area contributed by atoms with Crippen molar-refractivity contribution in [2.75, 3.05) is 6.54 Å². The third kappa shape index (κ3) is 2.37. The Morgan fingerprint density at radius 3 is 2.89 bits per heavy atom. The fourth-order valence-electron chi connectivity index (χ4n) is 1.79. The van der Waals surface area contributed by atoms with Gasteiger partial charge in [-0.2, -0.15) is 0 Å². The van der Waals surface area contributed by atoms with Gasteiger partial charge in [0.15, 0.2) is 0 Å². The fraction of sp³-hybridized carbons (Fsp3) is 0.308. The standard InChI is InChI=1S/C13H14FNO2S/c1-7(16)6-15-13(17)12-8(2)11-9(14)4-3-5-10(11)18-12/h3-5,7,16H,6H2,1-2H3,(H,15,17)/t7-/m0/s1. The maximum atomic E-state index is 13.7. The van der Waals surface area contributed by atoms with Crippen LogP contribution in [0.1, 0.15) is 22.2 Å². The summed E-state index contributed by atoms with van der Waals surface area (Å²) in [5.41, 5.74) is 0.649. The molecule has 0 saturated heterocycles. The number of halogens is 1. The Morgan fingerprint density at radius 1 is 1.56 bits per heavy atom. The van der Waals surface area contributed by atoms with Crippen molar-refractivity contribution in [1.29, 1.82) is 0 Å². The number of fused-ring (bicyclic) bond motifs is 1. The van der Waals surface area contributed by atoms with Gasteiger partial charge in [0.25, 0.3) is 5.91 Å². The molecule has 1 aromatic carbocycles. The summed E-state index contributed by atoms with van der Waals surface area (Å²) < 4.78 is 14.4. The van der Waals surface area contributed by atoms with E-state index in [1.54, 1.807) is 26.0 Å². The van der Waals surface area contributed by atoms with Gasteiger partial charge in [0, 0.05) is 16.6 Å². The zero-order valence-corrected chi connectivity index (χ0v) is 11.0. The highest BCUT2D eigenvalue weighted by Crippen LogP contribution is 2.32. The smallest absolute Gasteiger partial charge is 0.261 e. The molecule has 2 rings (SSSR count). The summed E-state index contributed by atoms with van der Waals surface area (Å²) in [6.07, 6.45) is -0.597. The average molecular weight is 267 g/mol. The van der Waals surface area contributed by atoms with Crippen molar-refractivity contribution in [3.63, 3.8) is 0 Å². The molecule has 0 unspecified atom stereocenters. The zero-order chi connectivity index (χ0) is 13.3. The third-order valence-corrected chi connectivity index (χ3v) is 3.92.